The number of nitro benzene ring substituents is 2. The molecule has 2 aromatic rings. The zero-order valence-corrected chi connectivity index (χ0v) is 14.5. The molecule has 0 bridgehead atoms. The Morgan fingerprint density at radius 2 is 1.56 bits per heavy atom. The lowest BCUT2D eigenvalue weighted by Gasteiger charge is -2.14. The van der Waals surface area contributed by atoms with Crippen molar-refractivity contribution in [1.29, 1.82) is 0 Å². The molecule has 10 nitrogen and oxygen atoms in total. The topological polar surface area (TPSA) is 146 Å². The largest absolute Gasteiger partial charge is 0.339 e. The first-order valence-electron chi connectivity index (χ1n) is 8.24. The van der Waals surface area contributed by atoms with E-state index in [0.29, 0.717) is 19.6 Å². The third-order valence-electron chi connectivity index (χ3n) is 3.95. The number of nitrogens with zero attached hydrogens (tertiary/aromatic N) is 4. The predicted octanol–water partition coefficient (Wildman–Crippen LogP) is 2.28. The van der Waals surface area contributed by atoms with Gasteiger partial charge in [-0.2, -0.15) is 0 Å². The van der Waals surface area contributed by atoms with E-state index < -0.39 is 27.1 Å². The Hall–Kier alpha value is -3.40. The van der Waals surface area contributed by atoms with Crippen molar-refractivity contribution in [2.24, 2.45) is 5.73 Å². The normalized spacial score (nSPS) is 12.9. The van der Waals surface area contributed by atoms with Gasteiger partial charge in [-0.1, -0.05) is 0 Å². The second kappa shape index (κ2) is 9.34. The Kier molecular flexibility index (Phi) is 6.89. The molecule has 0 radical (unpaired) electrons. The van der Waals surface area contributed by atoms with Gasteiger partial charge in [-0.3, -0.25) is 30.0 Å². The van der Waals surface area contributed by atoms with Crippen LogP contribution in [0.4, 0.5) is 11.4 Å². The van der Waals surface area contributed by atoms with E-state index in [1.54, 1.807) is 17.3 Å². The molecule has 3 rings (SSSR count). The van der Waals surface area contributed by atoms with Crippen LogP contribution >= 0.6 is 0 Å². The highest BCUT2D eigenvalue weighted by molar-refractivity contribution is 5.95. The molecule has 2 heterocycles. The average Bonchev–Trinajstić information content (AvgIpc) is 3.23. The predicted molar refractivity (Wildman–Crippen MR) is 97.0 cm³/mol. The Balaban J connectivity index is 0.000000273. The van der Waals surface area contributed by atoms with Crippen molar-refractivity contribution in [3.63, 3.8) is 0 Å². The minimum Gasteiger partial charge on any atom is -0.339 e. The first-order valence-corrected chi connectivity index (χ1v) is 8.24. The molecule has 0 aliphatic carbocycles. The van der Waals surface area contributed by atoms with Crippen molar-refractivity contribution < 1.29 is 14.6 Å². The molecule has 1 fully saturated rings. The molecular weight excluding hydrogens is 354 g/mol. The third kappa shape index (κ3) is 5.54. The van der Waals surface area contributed by atoms with Gasteiger partial charge in [0.25, 0.3) is 17.3 Å². The highest BCUT2D eigenvalue weighted by atomic mass is 16.6. The molecule has 1 aromatic heterocycles. The van der Waals surface area contributed by atoms with Crippen molar-refractivity contribution in [2.75, 3.05) is 13.1 Å². The van der Waals surface area contributed by atoms with Crippen LogP contribution in [0.5, 0.6) is 0 Å². The molecule has 0 spiro atoms. The fourth-order valence-corrected chi connectivity index (χ4v) is 2.55. The Morgan fingerprint density at radius 1 is 1.04 bits per heavy atom. The summed E-state index contributed by atoms with van der Waals surface area (Å²) in [6.07, 6.45) is 5.23. The summed E-state index contributed by atoms with van der Waals surface area (Å²) < 4.78 is 0. The molecular formula is C17H19N5O5. The second-order valence-electron chi connectivity index (χ2n) is 5.81. The van der Waals surface area contributed by atoms with Gasteiger partial charge < -0.3 is 10.6 Å². The number of carbonyl (C=O) groups excluding carboxylic acids is 1. The summed E-state index contributed by atoms with van der Waals surface area (Å²) in [6, 6.07) is 6.81. The van der Waals surface area contributed by atoms with E-state index >= 15 is 0 Å². The maximum absolute atomic E-state index is 12.1. The van der Waals surface area contributed by atoms with Crippen molar-refractivity contribution in [1.82, 2.24) is 9.88 Å². The minimum absolute atomic E-state index is 0.0113. The average molecular weight is 373 g/mol. The number of nitro groups is 2. The molecule has 1 aromatic carbocycles. The number of pyridine rings is 1. The molecule has 1 amide bonds. The van der Waals surface area contributed by atoms with Gasteiger partial charge in [0.15, 0.2) is 0 Å². The van der Waals surface area contributed by atoms with E-state index in [2.05, 4.69) is 4.98 Å². The minimum atomic E-state index is -0.742. The Morgan fingerprint density at radius 3 is 1.96 bits per heavy atom. The fourth-order valence-electron chi connectivity index (χ4n) is 2.55. The smallest absolute Gasteiger partial charge is 0.277 e. The molecule has 1 saturated heterocycles. The zero-order valence-electron chi connectivity index (χ0n) is 14.5. The standard InChI is InChI=1S/C11H11N3O5.C6H8N2/c15-11(12-3-1-2-4-12)8-5-9(13(16)17)7-10(6-8)14(18)19;7-5-6-1-3-8-4-2-6/h5-7H,1-4H2;1-4H,5,7H2. The number of nitrogens with two attached hydrogens (primary N) is 1. The van der Waals surface area contributed by atoms with Gasteiger partial charge in [-0.25, -0.2) is 0 Å². The number of likely N-dealkylation sites (tertiary alicyclic amines) is 1. The van der Waals surface area contributed by atoms with Gasteiger partial charge in [-0.15, -0.1) is 0 Å². The van der Waals surface area contributed by atoms with Gasteiger partial charge in [-0.05, 0) is 30.5 Å². The van der Waals surface area contributed by atoms with Gasteiger partial charge in [0.2, 0.25) is 0 Å². The number of benzene rings is 1. The Labute approximate surface area is 154 Å². The van der Waals surface area contributed by atoms with Crippen LogP contribution in [-0.2, 0) is 6.54 Å². The lowest BCUT2D eigenvalue weighted by Crippen LogP contribution is -2.27. The number of amides is 1. The summed E-state index contributed by atoms with van der Waals surface area (Å²) in [5.41, 5.74) is 5.54. The van der Waals surface area contributed by atoms with Gasteiger partial charge >= 0.3 is 0 Å². The molecule has 0 unspecified atom stereocenters. The number of non-ortho nitro benzene ring substituents is 2. The lowest BCUT2D eigenvalue weighted by atomic mass is 10.1. The first-order chi connectivity index (χ1) is 12.9. The molecule has 1 aliphatic heterocycles. The summed E-state index contributed by atoms with van der Waals surface area (Å²) in [5.74, 6) is -0.399. The van der Waals surface area contributed by atoms with Crippen LogP contribution in [0.25, 0.3) is 0 Å². The molecule has 142 valence electrons. The zero-order chi connectivity index (χ0) is 19.8. The van der Waals surface area contributed by atoms with Crippen LogP contribution in [0.1, 0.15) is 28.8 Å². The van der Waals surface area contributed by atoms with Gasteiger partial charge in [0.05, 0.1) is 21.5 Å². The van der Waals surface area contributed by atoms with Crippen LogP contribution in [0.3, 0.4) is 0 Å². The molecule has 0 saturated carbocycles. The maximum atomic E-state index is 12.1. The highest BCUT2D eigenvalue weighted by Gasteiger charge is 2.24. The summed E-state index contributed by atoms with van der Waals surface area (Å²) in [6.45, 7) is 1.76. The number of hydrogen-bond acceptors (Lipinski definition) is 7. The van der Waals surface area contributed by atoms with Crippen molar-refractivity contribution in [3.05, 3.63) is 74.1 Å². The maximum Gasteiger partial charge on any atom is 0.277 e. The van der Waals surface area contributed by atoms with E-state index in [-0.39, 0.29) is 5.56 Å². The highest BCUT2D eigenvalue weighted by Crippen LogP contribution is 2.24. The Bertz CT molecular complexity index is 789. The summed E-state index contributed by atoms with van der Waals surface area (Å²) in [5, 5.41) is 21.5. The van der Waals surface area contributed by atoms with Gasteiger partial charge in [0, 0.05) is 44.2 Å². The SMILES string of the molecule is NCc1ccncc1.O=C(c1cc([N+](=O)[O-])cc([N+](=O)[O-])c1)N1CCCC1. The third-order valence-corrected chi connectivity index (χ3v) is 3.95. The molecule has 0 atom stereocenters. The summed E-state index contributed by atoms with van der Waals surface area (Å²) in [4.78, 5) is 37.4. The fraction of sp³-hybridized carbons (Fsp3) is 0.294. The van der Waals surface area contributed by atoms with Crippen molar-refractivity contribution in [2.45, 2.75) is 19.4 Å². The van der Waals surface area contributed by atoms with E-state index in [0.717, 1.165) is 36.6 Å². The summed E-state index contributed by atoms with van der Waals surface area (Å²) in [7, 11) is 0. The van der Waals surface area contributed by atoms with Crippen molar-refractivity contribution >= 4 is 17.3 Å². The number of aromatic nitrogens is 1. The molecule has 2 N–H and O–H groups in total. The van der Waals surface area contributed by atoms with E-state index in [1.807, 2.05) is 12.1 Å². The second-order valence-corrected chi connectivity index (χ2v) is 5.81. The molecule has 27 heavy (non-hydrogen) atoms. The van der Waals surface area contributed by atoms with Crippen LogP contribution in [-0.4, -0.2) is 38.7 Å². The van der Waals surface area contributed by atoms with E-state index in [1.165, 1.54) is 0 Å². The van der Waals surface area contributed by atoms with E-state index in [4.69, 9.17) is 5.73 Å². The van der Waals surface area contributed by atoms with Crippen LogP contribution < -0.4 is 5.73 Å². The van der Waals surface area contributed by atoms with Crippen molar-refractivity contribution in [3.8, 4) is 0 Å². The number of rotatable bonds is 4. The number of hydrogen-bond donors (Lipinski definition) is 1. The van der Waals surface area contributed by atoms with E-state index in [9.17, 15) is 25.0 Å². The van der Waals surface area contributed by atoms with Gasteiger partial charge in [0.1, 0.15) is 0 Å². The quantitative estimate of drug-likeness (QED) is 0.639. The van der Waals surface area contributed by atoms with Crippen LogP contribution in [0.15, 0.2) is 42.7 Å². The first kappa shape index (κ1) is 19.9. The van der Waals surface area contributed by atoms with Crippen LogP contribution in [0, 0.1) is 20.2 Å². The van der Waals surface area contributed by atoms with Crippen LogP contribution in [0.2, 0.25) is 0 Å². The lowest BCUT2D eigenvalue weighted by molar-refractivity contribution is -0.394. The monoisotopic (exact) mass is 373 g/mol. The summed E-state index contributed by atoms with van der Waals surface area (Å²) >= 11 is 0. The molecule has 10 heteroatoms. The number of carbonyl (C=O) groups is 1. The molecule has 1 aliphatic rings.